The lowest BCUT2D eigenvalue weighted by Crippen LogP contribution is -2.39. The second kappa shape index (κ2) is 9.17. The zero-order valence-corrected chi connectivity index (χ0v) is 12.0. The van der Waals surface area contributed by atoms with Gasteiger partial charge in [-0.25, -0.2) is 0 Å². The summed E-state index contributed by atoms with van der Waals surface area (Å²) < 4.78 is 5.41. The molecule has 3 N–H and O–H groups in total. The van der Waals surface area contributed by atoms with Crippen molar-refractivity contribution in [1.82, 2.24) is 16.0 Å². The van der Waals surface area contributed by atoms with Crippen LogP contribution in [0.4, 0.5) is 0 Å². The summed E-state index contributed by atoms with van der Waals surface area (Å²) >= 11 is 5.75. The second-order valence-electron chi connectivity index (χ2n) is 3.93. The van der Waals surface area contributed by atoms with Crippen LogP contribution in [0, 0.1) is 0 Å². The molecular weight excluding hydrogens is 282 g/mol. The van der Waals surface area contributed by atoms with E-state index in [9.17, 15) is 9.59 Å². The first-order chi connectivity index (χ1) is 9.61. The summed E-state index contributed by atoms with van der Waals surface area (Å²) in [7, 11) is 1.54. The van der Waals surface area contributed by atoms with Gasteiger partial charge >= 0.3 is 0 Å². The molecule has 1 aromatic carbocycles. The summed E-state index contributed by atoms with van der Waals surface area (Å²) in [6.07, 6.45) is 0. The third-order valence-electron chi connectivity index (χ3n) is 2.36. The molecular formula is C13H18ClN3O3. The molecule has 7 heteroatoms. The van der Waals surface area contributed by atoms with E-state index in [4.69, 9.17) is 16.3 Å². The van der Waals surface area contributed by atoms with Crippen LogP contribution in [0.25, 0.3) is 0 Å². The second-order valence-corrected chi connectivity index (χ2v) is 4.37. The molecule has 2 amide bonds. The first-order valence-electron chi connectivity index (χ1n) is 6.18. The van der Waals surface area contributed by atoms with E-state index in [-0.39, 0.29) is 24.9 Å². The van der Waals surface area contributed by atoms with Gasteiger partial charge in [0.05, 0.1) is 19.6 Å². The number of carbonyl (C=O) groups is 2. The van der Waals surface area contributed by atoms with Crippen LogP contribution in [0.5, 0.6) is 5.75 Å². The number of carbonyl (C=O) groups excluding carboxylic acids is 2. The highest BCUT2D eigenvalue weighted by Gasteiger charge is 2.02. The van der Waals surface area contributed by atoms with E-state index in [0.717, 1.165) is 0 Å². The smallest absolute Gasteiger partial charge is 0.234 e. The molecule has 0 aliphatic heterocycles. The molecule has 0 saturated carbocycles. The Morgan fingerprint density at radius 1 is 1.15 bits per heavy atom. The van der Waals surface area contributed by atoms with Gasteiger partial charge in [-0.3, -0.25) is 14.9 Å². The van der Waals surface area contributed by atoms with Crippen LogP contribution in [0.15, 0.2) is 24.3 Å². The fourth-order valence-electron chi connectivity index (χ4n) is 1.33. The molecule has 0 aliphatic carbocycles. The van der Waals surface area contributed by atoms with Gasteiger partial charge < -0.3 is 15.4 Å². The summed E-state index contributed by atoms with van der Waals surface area (Å²) in [6.45, 7) is 0.964. The number of ether oxygens (including phenoxy) is 1. The van der Waals surface area contributed by atoms with Crippen LogP contribution in [0.3, 0.4) is 0 Å². The molecule has 1 rings (SSSR count). The maximum atomic E-state index is 11.4. The van der Waals surface area contributed by atoms with Gasteiger partial charge in [0.25, 0.3) is 0 Å². The predicted molar refractivity (Wildman–Crippen MR) is 76.9 cm³/mol. The molecule has 1 aromatic rings. The molecule has 6 nitrogen and oxygen atoms in total. The lowest BCUT2D eigenvalue weighted by molar-refractivity contribution is -0.121. The number of nitrogens with one attached hydrogen (secondary N) is 3. The molecule has 0 atom stereocenters. The fourth-order valence-corrected chi connectivity index (χ4v) is 1.46. The van der Waals surface area contributed by atoms with Gasteiger partial charge in [-0.15, -0.1) is 0 Å². The monoisotopic (exact) mass is 299 g/mol. The molecule has 20 heavy (non-hydrogen) atoms. The summed E-state index contributed by atoms with van der Waals surface area (Å²) in [5.74, 6) is 0.346. The standard InChI is InChI=1S/C13H18ClN3O3/c1-15-12(18)8-16-9-13(19)17-6-7-20-11-4-2-10(14)3-5-11/h2-5,16H,6-9H2,1H3,(H,15,18)(H,17,19). The number of amides is 2. The topological polar surface area (TPSA) is 79.5 Å². The van der Waals surface area contributed by atoms with E-state index in [1.165, 1.54) is 7.05 Å². The van der Waals surface area contributed by atoms with E-state index in [2.05, 4.69) is 16.0 Å². The van der Waals surface area contributed by atoms with Crippen molar-refractivity contribution < 1.29 is 14.3 Å². The average molecular weight is 300 g/mol. The Labute approximate surface area is 122 Å². The highest BCUT2D eigenvalue weighted by Crippen LogP contribution is 2.14. The lowest BCUT2D eigenvalue weighted by atomic mass is 10.3. The first kappa shape index (κ1) is 16.3. The van der Waals surface area contributed by atoms with Gasteiger partial charge in [0.15, 0.2) is 0 Å². The Balaban J connectivity index is 2.07. The highest BCUT2D eigenvalue weighted by atomic mass is 35.5. The number of likely N-dealkylation sites (N-methyl/N-ethyl adjacent to an activating group) is 1. The predicted octanol–water partition coefficient (Wildman–Crippen LogP) is 0.171. The lowest BCUT2D eigenvalue weighted by Gasteiger charge is -2.08. The Morgan fingerprint density at radius 3 is 2.45 bits per heavy atom. The first-order valence-corrected chi connectivity index (χ1v) is 6.56. The minimum Gasteiger partial charge on any atom is -0.492 e. The van der Waals surface area contributed by atoms with E-state index >= 15 is 0 Å². The molecule has 0 radical (unpaired) electrons. The molecule has 0 aromatic heterocycles. The number of halogens is 1. The Kier molecular flexibility index (Phi) is 7.46. The molecule has 0 heterocycles. The maximum Gasteiger partial charge on any atom is 0.234 e. The third-order valence-corrected chi connectivity index (χ3v) is 2.61. The third kappa shape index (κ3) is 6.96. The van der Waals surface area contributed by atoms with Gasteiger partial charge in [0.1, 0.15) is 12.4 Å². The van der Waals surface area contributed by atoms with E-state index in [0.29, 0.717) is 23.9 Å². The van der Waals surface area contributed by atoms with Gasteiger partial charge in [0, 0.05) is 12.1 Å². The van der Waals surface area contributed by atoms with Gasteiger partial charge in [-0.1, -0.05) is 11.6 Å². The minimum atomic E-state index is -0.186. The molecule has 0 bridgehead atoms. The maximum absolute atomic E-state index is 11.4. The molecule has 0 unspecified atom stereocenters. The van der Waals surface area contributed by atoms with Crippen LogP contribution in [0.2, 0.25) is 5.02 Å². The molecule has 0 spiro atoms. The largest absolute Gasteiger partial charge is 0.492 e. The Hall–Kier alpha value is -1.79. The molecule has 0 aliphatic rings. The fraction of sp³-hybridized carbons (Fsp3) is 0.385. The van der Waals surface area contributed by atoms with Crippen LogP contribution in [0.1, 0.15) is 0 Å². The summed E-state index contributed by atoms with van der Waals surface area (Å²) in [5.41, 5.74) is 0. The van der Waals surface area contributed by atoms with Crippen molar-refractivity contribution in [2.75, 3.05) is 33.3 Å². The van der Waals surface area contributed by atoms with E-state index < -0.39 is 0 Å². The average Bonchev–Trinajstić information content (AvgIpc) is 2.45. The van der Waals surface area contributed by atoms with Crippen molar-refractivity contribution >= 4 is 23.4 Å². The molecule has 0 saturated heterocycles. The number of benzene rings is 1. The van der Waals surface area contributed by atoms with Crippen LogP contribution < -0.4 is 20.7 Å². The van der Waals surface area contributed by atoms with Crippen molar-refractivity contribution in [3.63, 3.8) is 0 Å². The Morgan fingerprint density at radius 2 is 1.80 bits per heavy atom. The number of hydrogen-bond donors (Lipinski definition) is 3. The van der Waals surface area contributed by atoms with Crippen molar-refractivity contribution in [3.05, 3.63) is 29.3 Å². The van der Waals surface area contributed by atoms with Gasteiger partial charge in [-0.2, -0.15) is 0 Å². The van der Waals surface area contributed by atoms with Crippen LogP contribution >= 0.6 is 11.6 Å². The van der Waals surface area contributed by atoms with Gasteiger partial charge in [-0.05, 0) is 24.3 Å². The van der Waals surface area contributed by atoms with Crippen LogP contribution in [-0.4, -0.2) is 45.1 Å². The SMILES string of the molecule is CNC(=O)CNCC(=O)NCCOc1ccc(Cl)cc1. The normalized spacial score (nSPS) is 9.90. The van der Waals surface area contributed by atoms with Crippen molar-refractivity contribution in [3.8, 4) is 5.75 Å². The summed E-state index contributed by atoms with van der Waals surface area (Å²) in [4.78, 5) is 22.3. The zero-order valence-electron chi connectivity index (χ0n) is 11.2. The van der Waals surface area contributed by atoms with E-state index in [1.807, 2.05) is 0 Å². The molecule has 0 fully saturated rings. The molecule has 110 valence electrons. The van der Waals surface area contributed by atoms with Crippen molar-refractivity contribution in [2.45, 2.75) is 0 Å². The number of hydrogen-bond acceptors (Lipinski definition) is 4. The zero-order chi connectivity index (χ0) is 14.8. The quantitative estimate of drug-likeness (QED) is 0.598. The van der Waals surface area contributed by atoms with Crippen LogP contribution in [-0.2, 0) is 9.59 Å². The van der Waals surface area contributed by atoms with Gasteiger partial charge in [0.2, 0.25) is 11.8 Å². The number of rotatable bonds is 8. The van der Waals surface area contributed by atoms with E-state index in [1.54, 1.807) is 24.3 Å². The van der Waals surface area contributed by atoms with Crippen molar-refractivity contribution in [2.24, 2.45) is 0 Å². The van der Waals surface area contributed by atoms with Crippen molar-refractivity contribution in [1.29, 1.82) is 0 Å². The summed E-state index contributed by atoms with van der Waals surface area (Å²) in [6, 6.07) is 6.99. The summed E-state index contributed by atoms with van der Waals surface area (Å²) in [5, 5.41) is 8.49. The highest BCUT2D eigenvalue weighted by molar-refractivity contribution is 6.30. The minimum absolute atomic E-state index is 0.0916. The Bertz CT molecular complexity index is 437.